The van der Waals surface area contributed by atoms with Crippen LogP contribution in [0.4, 0.5) is 34.1 Å². The van der Waals surface area contributed by atoms with Gasteiger partial charge in [-0.2, -0.15) is 0 Å². The monoisotopic (exact) mass is 1080 g/mol. The van der Waals surface area contributed by atoms with Gasteiger partial charge in [-0.15, -0.1) is 0 Å². The molecule has 0 aliphatic rings. The summed E-state index contributed by atoms with van der Waals surface area (Å²) in [6, 6.07) is 110. The maximum Gasteiger partial charge on any atom is 0.0561 e. The summed E-state index contributed by atoms with van der Waals surface area (Å²) in [5.74, 6) is 0. The molecule has 0 aliphatic heterocycles. The first kappa shape index (κ1) is 51.8. The van der Waals surface area contributed by atoms with E-state index in [4.69, 9.17) is 0 Å². The maximum absolute atomic E-state index is 2.61. The van der Waals surface area contributed by atoms with Crippen molar-refractivity contribution in [2.45, 2.75) is 40.0 Å². The number of hydrogen-bond donors (Lipinski definition) is 0. The summed E-state index contributed by atoms with van der Waals surface area (Å²) >= 11 is 0. The molecule has 14 rings (SSSR count). The van der Waals surface area contributed by atoms with E-state index in [-0.39, 0.29) is 5.41 Å². The number of nitrogens with zero attached hydrogens (tertiary/aromatic N) is 2. The predicted molar refractivity (Wildman–Crippen MR) is 360 cm³/mol. The van der Waals surface area contributed by atoms with Crippen LogP contribution in [-0.2, 0) is 5.41 Å². The molecule has 402 valence electrons. The minimum absolute atomic E-state index is 0.0633. The van der Waals surface area contributed by atoms with Crippen molar-refractivity contribution in [3.05, 3.63) is 314 Å². The summed E-state index contributed by atoms with van der Waals surface area (Å²) in [5.41, 5.74) is 23.8. The van der Waals surface area contributed by atoms with E-state index in [0.717, 1.165) is 112 Å². The third kappa shape index (κ3) is 9.56. The Bertz CT molecular complexity index is 4390. The van der Waals surface area contributed by atoms with Gasteiger partial charge in [0.2, 0.25) is 0 Å². The van der Waals surface area contributed by atoms with Gasteiger partial charge in [0.05, 0.1) is 22.7 Å². The molecule has 0 saturated heterocycles. The fourth-order valence-electron chi connectivity index (χ4n) is 12.6. The van der Waals surface area contributed by atoms with Crippen LogP contribution in [0.2, 0.25) is 0 Å². The second kappa shape index (κ2) is 21.6. The molecule has 0 radical (unpaired) electrons. The fourth-order valence-corrected chi connectivity index (χ4v) is 12.6. The van der Waals surface area contributed by atoms with E-state index in [1.807, 2.05) is 0 Å². The van der Waals surface area contributed by atoms with Gasteiger partial charge in [-0.3, -0.25) is 0 Å². The average molecular weight is 1080 g/mol. The lowest BCUT2D eigenvalue weighted by atomic mass is 9.83. The van der Waals surface area contributed by atoms with Crippen LogP contribution in [0, 0.1) is 13.8 Å². The third-order valence-electron chi connectivity index (χ3n) is 17.0. The second-order valence-corrected chi connectivity index (χ2v) is 23.4. The Labute approximate surface area is 494 Å². The number of rotatable bonds is 12. The molecule has 0 unspecified atom stereocenters. The van der Waals surface area contributed by atoms with Crippen LogP contribution in [0.25, 0.3) is 99.1 Å². The molecule has 0 heterocycles. The van der Waals surface area contributed by atoms with Gasteiger partial charge in [0.15, 0.2) is 0 Å². The highest BCUT2D eigenvalue weighted by atomic mass is 15.2. The molecule has 0 atom stereocenters. The maximum atomic E-state index is 2.61. The molecular weight excluding hydrogens is 1010 g/mol. The Kier molecular flexibility index (Phi) is 13.3. The lowest BCUT2D eigenvalue weighted by Gasteiger charge is -2.35. The van der Waals surface area contributed by atoms with Crippen LogP contribution in [0.15, 0.2) is 297 Å². The largest absolute Gasteiger partial charge is 0.309 e. The molecule has 0 fully saturated rings. The van der Waals surface area contributed by atoms with E-state index < -0.39 is 0 Å². The Balaban J connectivity index is 1.18. The molecular formula is C82H64N2. The van der Waals surface area contributed by atoms with Crippen LogP contribution in [0.3, 0.4) is 0 Å². The first-order valence-electron chi connectivity index (χ1n) is 29.3. The molecule has 2 nitrogen and oxygen atoms in total. The minimum Gasteiger partial charge on any atom is -0.309 e. The highest BCUT2D eigenvalue weighted by molar-refractivity contribution is 6.29. The Morgan fingerprint density at radius 2 is 0.548 bits per heavy atom. The van der Waals surface area contributed by atoms with Crippen molar-refractivity contribution in [2.75, 3.05) is 9.80 Å². The van der Waals surface area contributed by atoms with E-state index in [2.05, 4.69) is 342 Å². The van der Waals surface area contributed by atoms with Crippen molar-refractivity contribution in [3.63, 3.8) is 0 Å². The highest BCUT2D eigenvalue weighted by Crippen LogP contribution is 2.55. The molecule has 0 bridgehead atoms. The Hall–Kier alpha value is -10.3. The van der Waals surface area contributed by atoms with Gasteiger partial charge in [-0.1, -0.05) is 288 Å². The molecule has 14 aromatic rings. The fraction of sp³-hybridized carbons (Fsp3) is 0.0732. The van der Waals surface area contributed by atoms with E-state index in [1.165, 1.54) is 37.9 Å². The zero-order chi connectivity index (χ0) is 56.9. The summed E-state index contributed by atoms with van der Waals surface area (Å²) in [6.07, 6.45) is 0. The molecule has 0 amide bonds. The molecule has 0 spiro atoms. The first-order chi connectivity index (χ1) is 41.1. The number of anilines is 6. The van der Waals surface area contributed by atoms with Gasteiger partial charge in [0.25, 0.3) is 0 Å². The van der Waals surface area contributed by atoms with Gasteiger partial charge in [-0.25, -0.2) is 0 Å². The zero-order valence-corrected chi connectivity index (χ0v) is 48.2. The van der Waals surface area contributed by atoms with Gasteiger partial charge in [0.1, 0.15) is 0 Å². The van der Waals surface area contributed by atoms with Crippen molar-refractivity contribution in [1.29, 1.82) is 0 Å². The number of aryl methyl sites for hydroxylation is 2. The van der Waals surface area contributed by atoms with Crippen molar-refractivity contribution in [1.82, 2.24) is 0 Å². The van der Waals surface area contributed by atoms with Crippen molar-refractivity contribution >= 4 is 66.4 Å². The van der Waals surface area contributed by atoms with Crippen LogP contribution in [0.1, 0.15) is 37.5 Å². The zero-order valence-electron chi connectivity index (χ0n) is 48.2. The summed E-state index contributed by atoms with van der Waals surface area (Å²) in [5, 5.41) is 7.28. The van der Waals surface area contributed by atoms with Crippen molar-refractivity contribution < 1.29 is 0 Å². The van der Waals surface area contributed by atoms with Crippen LogP contribution >= 0.6 is 0 Å². The van der Waals surface area contributed by atoms with Crippen molar-refractivity contribution in [3.8, 4) is 66.8 Å². The normalized spacial score (nSPS) is 11.6. The van der Waals surface area contributed by atoms with Crippen LogP contribution < -0.4 is 9.80 Å². The average Bonchev–Trinajstić information content (AvgIpc) is 2.62. The standard InChI is InChI=1S/C82H64N2/c1-55-36-38-63(57-24-12-6-13-25-57)50-74(55)83(76-52-65(59-28-16-8-17-29-59)40-44-70(76)61-32-20-10-21-33-61)78-54-79(73-47-43-68-49-69(82(3,4)5)48-67-42-46-72(78)81(73)80(67)68)84(75-51-64(39-37-56(75)2)58-26-14-7-15-27-58)77-53-66(60-30-18-9-19-31-60)41-45-71(77)62-34-22-11-23-35-62/h6-54H,1-5H3. The highest BCUT2D eigenvalue weighted by Gasteiger charge is 2.30. The predicted octanol–water partition coefficient (Wildman–Crippen LogP) is 23.4. The molecule has 0 aliphatic carbocycles. The SMILES string of the molecule is Cc1ccc(-c2ccccc2)cc1N(c1cc(-c2ccccc2)ccc1-c1ccccc1)c1cc(N(c2cc(-c3ccccc3)ccc2C)c2cc(-c3ccccc3)ccc2-c2ccccc2)c2ccc3cc(C(C)(C)C)cc4ccc1c2c43. The van der Waals surface area contributed by atoms with Crippen molar-refractivity contribution in [2.24, 2.45) is 0 Å². The van der Waals surface area contributed by atoms with Gasteiger partial charge in [-0.05, 0) is 138 Å². The Morgan fingerprint density at radius 1 is 0.238 bits per heavy atom. The van der Waals surface area contributed by atoms with Gasteiger partial charge in [0, 0.05) is 38.7 Å². The molecule has 2 heteroatoms. The summed E-state index contributed by atoms with van der Waals surface area (Å²) in [4.78, 5) is 5.22. The minimum atomic E-state index is -0.0633. The van der Waals surface area contributed by atoms with Crippen LogP contribution in [-0.4, -0.2) is 0 Å². The topological polar surface area (TPSA) is 6.48 Å². The Morgan fingerprint density at radius 3 is 0.881 bits per heavy atom. The van der Waals surface area contributed by atoms with E-state index >= 15 is 0 Å². The summed E-state index contributed by atoms with van der Waals surface area (Å²) in [6.45, 7) is 11.5. The summed E-state index contributed by atoms with van der Waals surface area (Å²) in [7, 11) is 0. The first-order valence-corrected chi connectivity index (χ1v) is 29.3. The van der Waals surface area contributed by atoms with E-state index in [1.54, 1.807) is 0 Å². The second-order valence-electron chi connectivity index (χ2n) is 23.4. The van der Waals surface area contributed by atoms with Gasteiger partial charge < -0.3 is 9.80 Å². The van der Waals surface area contributed by atoms with E-state index in [0.29, 0.717) is 0 Å². The smallest absolute Gasteiger partial charge is 0.0561 e. The van der Waals surface area contributed by atoms with Gasteiger partial charge >= 0.3 is 0 Å². The summed E-state index contributed by atoms with van der Waals surface area (Å²) < 4.78 is 0. The number of hydrogen-bond acceptors (Lipinski definition) is 2. The lowest BCUT2D eigenvalue weighted by Crippen LogP contribution is -2.17. The molecule has 14 aromatic carbocycles. The van der Waals surface area contributed by atoms with Crippen LogP contribution in [0.5, 0.6) is 0 Å². The third-order valence-corrected chi connectivity index (χ3v) is 17.0. The van der Waals surface area contributed by atoms with E-state index in [9.17, 15) is 0 Å². The number of benzene rings is 14. The molecule has 84 heavy (non-hydrogen) atoms. The lowest BCUT2D eigenvalue weighted by molar-refractivity contribution is 0.591. The molecule has 0 aromatic heterocycles. The quantitative estimate of drug-likeness (QED) is 0.113. The molecule has 0 saturated carbocycles. The molecule has 0 N–H and O–H groups in total.